The van der Waals surface area contributed by atoms with Crippen LogP contribution in [-0.4, -0.2) is 24.5 Å². The van der Waals surface area contributed by atoms with Crippen LogP contribution in [0, 0.1) is 11.6 Å². The lowest BCUT2D eigenvalue weighted by molar-refractivity contribution is 0.245. The van der Waals surface area contributed by atoms with Crippen LogP contribution in [-0.2, 0) is 0 Å². The zero-order valence-electron chi connectivity index (χ0n) is 9.13. The zero-order chi connectivity index (χ0) is 11.5. The van der Waals surface area contributed by atoms with Gasteiger partial charge < -0.3 is 5.73 Å². The lowest BCUT2D eigenvalue weighted by Crippen LogP contribution is -2.32. The predicted molar refractivity (Wildman–Crippen MR) is 59.0 cm³/mol. The largest absolute Gasteiger partial charge is 0.329 e. The van der Waals surface area contributed by atoms with Crippen molar-refractivity contribution in [3.63, 3.8) is 0 Å². The Morgan fingerprint density at radius 2 is 1.94 bits per heavy atom. The van der Waals surface area contributed by atoms with Crippen LogP contribution in [0.4, 0.5) is 8.78 Å². The second-order valence-corrected chi connectivity index (χ2v) is 4.16. The van der Waals surface area contributed by atoms with Gasteiger partial charge in [-0.05, 0) is 44.1 Å². The van der Waals surface area contributed by atoms with Crippen molar-refractivity contribution in [3.05, 3.63) is 35.4 Å². The molecule has 1 aliphatic heterocycles. The molecule has 0 unspecified atom stereocenters. The van der Waals surface area contributed by atoms with Crippen LogP contribution in [0.15, 0.2) is 18.2 Å². The maximum atomic E-state index is 13.6. The second-order valence-electron chi connectivity index (χ2n) is 4.16. The van der Waals surface area contributed by atoms with Gasteiger partial charge in [-0.3, -0.25) is 4.90 Å². The molecule has 88 valence electrons. The van der Waals surface area contributed by atoms with E-state index in [-0.39, 0.29) is 11.9 Å². The van der Waals surface area contributed by atoms with Crippen LogP contribution >= 0.6 is 0 Å². The standard InChI is InChI=1S/C12H16F2N2/c13-9-3-4-11(14)10(7-9)12(8-15)16-5-1-2-6-16/h3-4,7,12H,1-2,5-6,8,15H2/t12-/m1/s1. The minimum atomic E-state index is -0.408. The predicted octanol–water partition coefficient (Wildman–Crippen LogP) is 2.06. The van der Waals surface area contributed by atoms with Gasteiger partial charge in [-0.2, -0.15) is 0 Å². The van der Waals surface area contributed by atoms with Gasteiger partial charge >= 0.3 is 0 Å². The molecule has 0 amide bonds. The molecule has 16 heavy (non-hydrogen) atoms. The topological polar surface area (TPSA) is 29.3 Å². The summed E-state index contributed by atoms with van der Waals surface area (Å²) in [6, 6.07) is 3.36. The molecule has 2 rings (SSSR count). The highest BCUT2D eigenvalue weighted by molar-refractivity contribution is 5.23. The summed E-state index contributed by atoms with van der Waals surface area (Å²) in [5.74, 6) is -0.780. The molecule has 2 N–H and O–H groups in total. The Morgan fingerprint density at radius 1 is 1.25 bits per heavy atom. The molecule has 2 nitrogen and oxygen atoms in total. The van der Waals surface area contributed by atoms with Crippen LogP contribution in [0.5, 0.6) is 0 Å². The Kier molecular flexibility index (Phi) is 3.51. The van der Waals surface area contributed by atoms with Crippen molar-refractivity contribution < 1.29 is 8.78 Å². The third-order valence-corrected chi connectivity index (χ3v) is 3.12. The Labute approximate surface area is 94.0 Å². The highest BCUT2D eigenvalue weighted by Gasteiger charge is 2.24. The number of likely N-dealkylation sites (tertiary alicyclic amines) is 1. The third-order valence-electron chi connectivity index (χ3n) is 3.12. The first-order valence-electron chi connectivity index (χ1n) is 5.61. The SMILES string of the molecule is NC[C@H](c1cc(F)ccc1F)N1CCCC1. The van der Waals surface area contributed by atoms with Crippen LogP contribution in [0.1, 0.15) is 24.4 Å². The average Bonchev–Trinajstić information content (AvgIpc) is 2.78. The van der Waals surface area contributed by atoms with Gasteiger partial charge in [0.25, 0.3) is 0 Å². The zero-order valence-corrected chi connectivity index (χ0v) is 9.13. The first-order valence-corrected chi connectivity index (χ1v) is 5.61. The number of hydrogen-bond donors (Lipinski definition) is 1. The van der Waals surface area contributed by atoms with Crippen molar-refractivity contribution in [1.82, 2.24) is 4.90 Å². The number of nitrogens with two attached hydrogens (primary N) is 1. The average molecular weight is 226 g/mol. The fourth-order valence-corrected chi connectivity index (χ4v) is 2.30. The fraction of sp³-hybridized carbons (Fsp3) is 0.500. The summed E-state index contributed by atoms with van der Waals surface area (Å²) in [4.78, 5) is 2.12. The maximum absolute atomic E-state index is 13.6. The number of rotatable bonds is 3. The molecular weight excluding hydrogens is 210 g/mol. The lowest BCUT2D eigenvalue weighted by Gasteiger charge is -2.26. The minimum absolute atomic E-state index is 0.196. The molecule has 0 aliphatic carbocycles. The molecular formula is C12H16F2N2. The van der Waals surface area contributed by atoms with Gasteiger partial charge in [-0.15, -0.1) is 0 Å². The van der Waals surface area contributed by atoms with E-state index < -0.39 is 5.82 Å². The van der Waals surface area contributed by atoms with Crippen LogP contribution in [0.25, 0.3) is 0 Å². The summed E-state index contributed by atoms with van der Waals surface area (Å²) in [6.45, 7) is 2.15. The van der Waals surface area contributed by atoms with E-state index in [9.17, 15) is 8.78 Å². The Hall–Kier alpha value is -1.00. The molecule has 1 aromatic rings. The quantitative estimate of drug-likeness (QED) is 0.854. The first kappa shape index (κ1) is 11.5. The van der Waals surface area contributed by atoms with E-state index in [0.29, 0.717) is 12.1 Å². The van der Waals surface area contributed by atoms with E-state index in [1.807, 2.05) is 0 Å². The molecule has 0 spiro atoms. The maximum Gasteiger partial charge on any atom is 0.128 e. The van der Waals surface area contributed by atoms with Gasteiger partial charge in [0.2, 0.25) is 0 Å². The van der Waals surface area contributed by atoms with E-state index in [1.54, 1.807) is 0 Å². The second kappa shape index (κ2) is 4.89. The van der Waals surface area contributed by atoms with E-state index in [4.69, 9.17) is 5.73 Å². The molecule has 0 aromatic heterocycles. The van der Waals surface area contributed by atoms with Gasteiger partial charge in [0, 0.05) is 18.2 Å². The summed E-state index contributed by atoms with van der Waals surface area (Å²) < 4.78 is 26.7. The van der Waals surface area contributed by atoms with Crippen LogP contribution < -0.4 is 5.73 Å². The van der Waals surface area contributed by atoms with Crippen LogP contribution in [0.2, 0.25) is 0 Å². The lowest BCUT2D eigenvalue weighted by atomic mass is 10.0. The molecule has 1 aromatic carbocycles. The summed E-state index contributed by atoms with van der Waals surface area (Å²) in [7, 11) is 0. The van der Waals surface area contributed by atoms with E-state index in [2.05, 4.69) is 4.90 Å². The van der Waals surface area contributed by atoms with Gasteiger partial charge in [0.15, 0.2) is 0 Å². The molecule has 1 heterocycles. The minimum Gasteiger partial charge on any atom is -0.329 e. The van der Waals surface area contributed by atoms with Crippen molar-refractivity contribution in [2.45, 2.75) is 18.9 Å². The highest BCUT2D eigenvalue weighted by Crippen LogP contribution is 2.26. The molecule has 4 heteroatoms. The summed E-state index contributed by atoms with van der Waals surface area (Å²) in [5.41, 5.74) is 6.05. The molecule has 1 saturated heterocycles. The molecule has 1 atom stereocenters. The first-order chi connectivity index (χ1) is 7.72. The Bertz CT molecular complexity index is 362. The van der Waals surface area contributed by atoms with Gasteiger partial charge in [0.05, 0.1) is 0 Å². The molecule has 1 aliphatic rings. The number of nitrogens with zero attached hydrogens (tertiary/aromatic N) is 1. The number of halogens is 2. The van der Waals surface area contributed by atoms with Crippen LogP contribution in [0.3, 0.4) is 0 Å². The smallest absolute Gasteiger partial charge is 0.128 e. The highest BCUT2D eigenvalue weighted by atomic mass is 19.1. The molecule has 0 saturated carbocycles. The summed E-state index contributed by atoms with van der Waals surface area (Å²) >= 11 is 0. The van der Waals surface area contributed by atoms with E-state index >= 15 is 0 Å². The van der Waals surface area contributed by atoms with Crippen molar-refractivity contribution >= 4 is 0 Å². The molecule has 0 radical (unpaired) electrons. The third kappa shape index (κ3) is 2.23. The van der Waals surface area contributed by atoms with Crippen molar-refractivity contribution in [1.29, 1.82) is 0 Å². The summed E-state index contributed by atoms with van der Waals surface area (Å²) in [5, 5.41) is 0. The number of hydrogen-bond acceptors (Lipinski definition) is 2. The van der Waals surface area contributed by atoms with Gasteiger partial charge in [-0.1, -0.05) is 0 Å². The van der Waals surface area contributed by atoms with E-state index in [0.717, 1.165) is 32.0 Å². The normalized spacial score (nSPS) is 18.9. The Balaban J connectivity index is 2.28. The van der Waals surface area contributed by atoms with Crippen molar-refractivity contribution in [3.8, 4) is 0 Å². The van der Waals surface area contributed by atoms with Crippen molar-refractivity contribution in [2.75, 3.05) is 19.6 Å². The summed E-state index contributed by atoms with van der Waals surface area (Å²) in [6.07, 6.45) is 2.21. The Morgan fingerprint density at radius 3 is 2.56 bits per heavy atom. The van der Waals surface area contributed by atoms with Crippen molar-refractivity contribution in [2.24, 2.45) is 5.73 Å². The molecule has 0 bridgehead atoms. The monoisotopic (exact) mass is 226 g/mol. The van der Waals surface area contributed by atoms with E-state index in [1.165, 1.54) is 12.1 Å². The van der Waals surface area contributed by atoms with Gasteiger partial charge in [-0.25, -0.2) is 8.78 Å². The molecule has 1 fully saturated rings. The van der Waals surface area contributed by atoms with Gasteiger partial charge in [0.1, 0.15) is 11.6 Å². The fourth-order valence-electron chi connectivity index (χ4n) is 2.30. The number of benzene rings is 1.